The van der Waals surface area contributed by atoms with E-state index in [0.29, 0.717) is 0 Å². The number of benzene rings is 1. The molecule has 1 atom stereocenters. The number of hydrogen-bond donors (Lipinski definition) is 2. The average Bonchev–Trinajstić information content (AvgIpc) is 2.60. The first-order chi connectivity index (χ1) is 12.3. The maximum absolute atomic E-state index is 13.4. The summed E-state index contributed by atoms with van der Waals surface area (Å²) in [5.41, 5.74) is 3.27. The maximum Gasteiger partial charge on any atom is 0.416 e. The van der Waals surface area contributed by atoms with Crippen LogP contribution in [0, 0.1) is 11.3 Å². The molecule has 0 saturated heterocycles. The lowest BCUT2D eigenvalue weighted by Gasteiger charge is -2.26. The number of rotatable bonds is 2. The largest absolute Gasteiger partial charge is 0.458 e. The molecule has 0 spiro atoms. The molecule has 9 heteroatoms. The van der Waals surface area contributed by atoms with Gasteiger partial charge in [0.25, 0.3) is 0 Å². The zero-order valence-electron chi connectivity index (χ0n) is 13.0. The van der Waals surface area contributed by atoms with Crippen molar-refractivity contribution in [3.8, 4) is 11.8 Å². The summed E-state index contributed by atoms with van der Waals surface area (Å²) in [6, 6.07) is 7.23. The van der Waals surface area contributed by atoms with E-state index in [4.69, 9.17) is 14.9 Å². The second kappa shape index (κ2) is 6.24. The third-order valence-electron chi connectivity index (χ3n) is 3.86. The molecule has 0 saturated carbocycles. The molecular weight excluding hydrogens is 353 g/mol. The van der Waals surface area contributed by atoms with E-state index < -0.39 is 41.3 Å². The van der Waals surface area contributed by atoms with Crippen LogP contribution < -0.4 is 15.9 Å². The van der Waals surface area contributed by atoms with Crippen LogP contribution in [0.25, 0.3) is 0 Å². The predicted octanol–water partition coefficient (Wildman–Crippen LogP) is 2.37. The molecule has 134 valence electrons. The molecule has 1 aromatic heterocycles. The van der Waals surface area contributed by atoms with Crippen molar-refractivity contribution in [1.29, 1.82) is 5.26 Å². The molecule has 0 bridgehead atoms. The van der Waals surface area contributed by atoms with Crippen LogP contribution in [0.3, 0.4) is 0 Å². The summed E-state index contributed by atoms with van der Waals surface area (Å²) in [5, 5.41) is 18.6. The van der Waals surface area contributed by atoms with Crippen molar-refractivity contribution in [1.82, 2.24) is 0 Å². The Morgan fingerprint density at radius 3 is 2.62 bits per heavy atom. The van der Waals surface area contributed by atoms with Crippen LogP contribution in [0.2, 0.25) is 0 Å². The molecule has 2 aromatic rings. The second-order valence-electron chi connectivity index (χ2n) is 5.44. The Morgan fingerprint density at radius 1 is 1.31 bits per heavy atom. The van der Waals surface area contributed by atoms with E-state index in [2.05, 4.69) is 0 Å². The van der Waals surface area contributed by atoms with Crippen molar-refractivity contribution in [2.45, 2.75) is 18.7 Å². The van der Waals surface area contributed by atoms with Gasteiger partial charge in [-0.25, -0.2) is 0 Å². The molecule has 0 fully saturated rings. The fourth-order valence-corrected chi connectivity index (χ4v) is 2.78. The minimum absolute atomic E-state index is 0.176. The SMILES string of the molecule is N#CC1=C(N)Oc2c(oc(CO)cc2=O)[C@@H]1c1ccccc1C(F)(F)F. The minimum Gasteiger partial charge on any atom is -0.458 e. The topological polar surface area (TPSA) is 109 Å². The standard InChI is InChI=1S/C17H11F3N2O4/c18-17(19,20)11-4-2-1-3-9(11)13-10(6-21)16(22)26-14-12(24)5-8(7-23)25-15(13)14/h1-5,13,23H,7,22H2/t13-/m1/s1. The van der Waals surface area contributed by atoms with Crippen LogP contribution in [-0.4, -0.2) is 5.11 Å². The Labute approximate surface area is 144 Å². The third kappa shape index (κ3) is 2.80. The second-order valence-corrected chi connectivity index (χ2v) is 5.44. The molecule has 3 rings (SSSR count). The van der Waals surface area contributed by atoms with Gasteiger partial charge in [0.15, 0.2) is 5.76 Å². The van der Waals surface area contributed by atoms with E-state index in [1.807, 2.05) is 0 Å². The van der Waals surface area contributed by atoms with E-state index in [1.54, 1.807) is 6.07 Å². The zero-order valence-corrected chi connectivity index (χ0v) is 13.0. The van der Waals surface area contributed by atoms with Gasteiger partial charge >= 0.3 is 6.18 Å². The molecular formula is C17H11F3N2O4. The van der Waals surface area contributed by atoms with Crippen LogP contribution in [0.5, 0.6) is 5.75 Å². The first-order valence-electron chi connectivity index (χ1n) is 7.29. The summed E-state index contributed by atoms with van der Waals surface area (Å²) in [5.74, 6) is -2.79. The smallest absolute Gasteiger partial charge is 0.416 e. The van der Waals surface area contributed by atoms with Gasteiger partial charge in [0.1, 0.15) is 24.0 Å². The fourth-order valence-electron chi connectivity index (χ4n) is 2.78. The molecule has 2 heterocycles. The number of alkyl halides is 3. The first-order valence-corrected chi connectivity index (χ1v) is 7.29. The minimum atomic E-state index is -4.71. The van der Waals surface area contributed by atoms with E-state index in [-0.39, 0.29) is 22.7 Å². The lowest BCUT2D eigenvalue weighted by molar-refractivity contribution is -0.138. The fraction of sp³-hybridized carbons (Fsp3) is 0.176. The van der Waals surface area contributed by atoms with Gasteiger partial charge in [0.2, 0.25) is 17.1 Å². The van der Waals surface area contributed by atoms with Crippen molar-refractivity contribution < 1.29 is 27.4 Å². The monoisotopic (exact) mass is 364 g/mol. The lowest BCUT2D eigenvalue weighted by atomic mass is 9.84. The van der Waals surface area contributed by atoms with Crippen molar-refractivity contribution in [3.63, 3.8) is 0 Å². The molecule has 1 aliphatic heterocycles. The van der Waals surface area contributed by atoms with Crippen LogP contribution in [0.15, 0.2) is 51.0 Å². The number of fused-ring (bicyclic) bond motifs is 1. The summed E-state index contributed by atoms with van der Waals surface area (Å²) in [6.07, 6.45) is -4.71. The Bertz CT molecular complexity index is 1000. The Balaban J connectivity index is 2.36. The van der Waals surface area contributed by atoms with Crippen molar-refractivity contribution in [2.75, 3.05) is 0 Å². The summed E-state index contributed by atoms with van der Waals surface area (Å²) in [4.78, 5) is 12.2. The first kappa shape index (κ1) is 17.6. The number of aliphatic hydroxyl groups excluding tert-OH is 1. The van der Waals surface area contributed by atoms with E-state index in [9.17, 15) is 28.3 Å². The molecule has 1 aromatic carbocycles. The quantitative estimate of drug-likeness (QED) is 0.847. The summed E-state index contributed by atoms with van der Waals surface area (Å²) in [6.45, 7) is -0.656. The molecule has 6 nitrogen and oxygen atoms in total. The number of aliphatic hydroxyl groups is 1. The molecule has 26 heavy (non-hydrogen) atoms. The molecule has 0 unspecified atom stereocenters. The highest BCUT2D eigenvalue weighted by Crippen LogP contribution is 2.45. The predicted molar refractivity (Wildman–Crippen MR) is 81.6 cm³/mol. The summed E-state index contributed by atoms with van der Waals surface area (Å²) >= 11 is 0. The number of nitrogens with two attached hydrogens (primary N) is 1. The van der Waals surface area contributed by atoms with Gasteiger partial charge in [0, 0.05) is 6.07 Å². The third-order valence-corrected chi connectivity index (χ3v) is 3.86. The zero-order chi connectivity index (χ0) is 19.1. The number of halogens is 3. The molecule has 0 aliphatic carbocycles. The van der Waals surface area contributed by atoms with Gasteiger partial charge in [-0.05, 0) is 11.6 Å². The van der Waals surface area contributed by atoms with Gasteiger partial charge in [-0.1, -0.05) is 18.2 Å². The summed E-state index contributed by atoms with van der Waals surface area (Å²) in [7, 11) is 0. The van der Waals surface area contributed by atoms with Crippen molar-refractivity contribution in [3.05, 3.63) is 74.7 Å². The number of nitrogens with zero attached hydrogens (tertiary/aromatic N) is 1. The Morgan fingerprint density at radius 2 is 2.00 bits per heavy atom. The number of ether oxygens (including phenoxy) is 1. The van der Waals surface area contributed by atoms with Crippen LogP contribution in [-0.2, 0) is 12.8 Å². The number of allylic oxidation sites excluding steroid dienone is 1. The van der Waals surface area contributed by atoms with Crippen molar-refractivity contribution in [2.24, 2.45) is 5.73 Å². The van der Waals surface area contributed by atoms with E-state index in [1.165, 1.54) is 18.2 Å². The average molecular weight is 364 g/mol. The van der Waals surface area contributed by atoms with Crippen LogP contribution >= 0.6 is 0 Å². The van der Waals surface area contributed by atoms with Crippen LogP contribution in [0.1, 0.15) is 28.6 Å². The van der Waals surface area contributed by atoms with E-state index >= 15 is 0 Å². The van der Waals surface area contributed by atoms with Gasteiger partial charge in [0.05, 0.1) is 11.5 Å². The molecule has 0 radical (unpaired) electrons. The molecule has 0 amide bonds. The molecule has 3 N–H and O–H groups in total. The van der Waals surface area contributed by atoms with Gasteiger partial charge in [-0.2, -0.15) is 18.4 Å². The van der Waals surface area contributed by atoms with Crippen LogP contribution in [0.4, 0.5) is 13.2 Å². The normalized spacial score (nSPS) is 16.7. The summed E-state index contributed by atoms with van der Waals surface area (Å²) < 4.78 is 50.8. The Hall–Kier alpha value is -3.25. The van der Waals surface area contributed by atoms with Gasteiger partial charge in [-0.15, -0.1) is 0 Å². The highest BCUT2D eigenvalue weighted by molar-refractivity contribution is 5.54. The maximum atomic E-state index is 13.4. The number of hydrogen-bond acceptors (Lipinski definition) is 6. The van der Waals surface area contributed by atoms with Gasteiger partial charge < -0.3 is 20.0 Å². The number of nitriles is 1. The Kier molecular flexibility index (Phi) is 4.21. The lowest BCUT2D eigenvalue weighted by Crippen LogP contribution is -2.26. The highest BCUT2D eigenvalue weighted by Gasteiger charge is 2.41. The van der Waals surface area contributed by atoms with Crippen molar-refractivity contribution >= 4 is 0 Å². The highest BCUT2D eigenvalue weighted by atomic mass is 19.4. The van der Waals surface area contributed by atoms with E-state index in [0.717, 1.165) is 12.1 Å². The molecule has 1 aliphatic rings. The van der Waals surface area contributed by atoms with Gasteiger partial charge in [-0.3, -0.25) is 4.79 Å².